The second kappa shape index (κ2) is 6.78. The van der Waals surface area contributed by atoms with E-state index in [1.165, 1.54) is 0 Å². The second-order valence-corrected chi connectivity index (χ2v) is 4.56. The molecule has 0 radical (unpaired) electrons. The molecule has 0 bridgehead atoms. The lowest BCUT2D eigenvalue weighted by atomic mass is 10.1. The van der Waals surface area contributed by atoms with Crippen molar-refractivity contribution in [2.75, 3.05) is 0 Å². The summed E-state index contributed by atoms with van der Waals surface area (Å²) < 4.78 is 88.3. The monoisotopic (exact) mass is 397 g/mol. The molecule has 0 N–H and O–H groups in total. The highest BCUT2D eigenvalue weighted by atomic mass is 35.5. The van der Waals surface area contributed by atoms with E-state index in [2.05, 4.69) is 4.99 Å². The molecule has 0 amide bonds. The maximum atomic E-state index is 13.0. The quantitative estimate of drug-likeness (QED) is 0.311. The van der Waals surface area contributed by atoms with E-state index in [0.29, 0.717) is 0 Å². The number of aliphatic imine (C=N–C) groups is 1. The number of benzene rings is 1. The van der Waals surface area contributed by atoms with Gasteiger partial charge in [0.25, 0.3) is 0 Å². The number of nitro benzene ring substituents is 2. The van der Waals surface area contributed by atoms with E-state index in [4.69, 9.17) is 11.6 Å². The molecule has 0 aliphatic heterocycles. The average Bonchev–Trinajstić information content (AvgIpc) is 2.44. The number of hydrogen-bond donors (Lipinski definition) is 0. The third-order valence-corrected chi connectivity index (χ3v) is 2.89. The molecule has 0 heterocycles. The van der Waals surface area contributed by atoms with Crippen LogP contribution in [0.3, 0.4) is 0 Å². The van der Waals surface area contributed by atoms with Gasteiger partial charge in [0.05, 0.1) is 15.4 Å². The smallest absolute Gasteiger partial charge is 0.258 e. The standard InChI is InChI=1S/C10H3ClF7N3O4/c11-7(9(14,15)8(12)13)19-6-4(20(22)23)1-3(10(16,17)18)2-5(6)21(24)25/h1-2,8H. The van der Waals surface area contributed by atoms with E-state index < -0.39 is 56.2 Å². The third kappa shape index (κ3) is 4.32. The van der Waals surface area contributed by atoms with E-state index in [0.717, 1.165) is 0 Å². The molecule has 0 saturated heterocycles. The fraction of sp³-hybridized carbons (Fsp3) is 0.300. The topological polar surface area (TPSA) is 98.6 Å². The Kier molecular flexibility index (Phi) is 5.57. The van der Waals surface area contributed by atoms with Crippen LogP contribution in [0, 0.1) is 20.2 Å². The summed E-state index contributed by atoms with van der Waals surface area (Å²) >= 11 is 4.84. The lowest BCUT2D eigenvalue weighted by molar-refractivity contribution is -0.392. The van der Waals surface area contributed by atoms with Crippen LogP contribution < -0.4 is 0 Å². The highest BCUT2D eigenvalue weighted by Crippen LogP contribution is 2.43. The van der Waals surface area contributed by atoms with E-state index in [1.54, 1.807) is 0 Å². The highest BCUT2D eigenvalue weighted by Gasteiger charge is 2.47. The molecule has 1 aromatic carbocycles. The van der Waals surface area contributed by atoms with Crippen LogP contribution in [0.2, 0.25) is 0 Å². The molecular formula is C10H3ClF7N3O4. The Morgan fingerprint density at radius 1 is 1.04 bits per heavy atom. The third-order valence-electron chi connectivity index (χ3n) is 2.55. The summed E-state index contributed by atoms with van der Waals surface area (Å²) in [6.45, 7) is 0. The molecule has 0 fully saturated rings. The summed E-state index contributed by atoms with van der Waals surface area (Å²) in [7, 11) is 0. The van der Waals surface area contributed by atoms with E-state index in [9.17, 15) is 51.0 Å². The Morgan fingerprint density at radius 3 is 1.72 bits per heavy atom. The van der Waals surface area contributed by atoms with Crippen molar-refractivity contribution in [1.82, 2.24) is 0 Å². The van der Waals surface area contributed by atoms with Crippen molar-refractivity contribution in [3.05, 3.63) is 37.9 Å². The SMILES string of the molecule is O=[N+]([O-])c1cc(C(F)(F)F)cc([N+](=O)[O-])c1N=C(Cl)C(F)(F)C(F)F. The molecule has 0 saturated carbocycles. The predicted octanol–water partition coefficient (Wildman–Crippen LogP) is 4.69. The molecule has 0 aromatic heterocycles. The molecule has 15 heteroatoms. The maximum absolute atomic E-state index is 13.0. The van der Waals surface area contributed by atoms with E-state index in [-0.39, 0.29) is 12.1 Å². The second-order valence-electron chi connectivity index (χ2n) is 4.20. The number of alkyl halides is 7. The van der Waals surface area contributed by atoms with Gasteiger partial charge in [0, 0.05) is 12.1 Å². The molecule has 1 rings (SSSR count). The lowest BCUT2D eigenvalue weighted by Gasteiger charge is -2.13. The Labute approximate surface area is 137 Å². The van der Waals surface area contributed by atoms with E-state index >= 15 is 0 Å². The summed E-state index contributed by atoms with van der Waals surface area (Å²) in [4.78, 5) is 21.0. The predicted molar refractivity (Wildman–Crippen MR) is 68.7 cm³/mol. The average molecular weight is 398 g/mol. The van der Waals surface area contributed by atoms with Gasteiger partial charge in [-0.05, 0) is 0 Å². The first-order valence-corrected chi connectivity index (χ1v) is 6.02. The van der Waals surface area contributed by atoms with Crippen LogP contribution in [-0.4, -0.2) is 27.4 Å². The number of rotatable bonds is 5. The van der Waals surface area contributed by atoms with Crippen LogP contribution in [0.4, 0.5) is 47.8 Å². The zero-order valence-corrected chi connectivity index (χ0v) is 12.0. The molecule has 0 unspecified atom stereocenters. The van der Waals surface area contributed by atoms with Gasteiger partial charge in [-0.1, -0.05) is 11.6 Å². The summed E-state index contributed by atoms with van der Waals surface area (Å²) in [6, 6.07) is -0.451. The Hall–Kier alpha value is -2.51. The Morgan fingerprint density at radius 2 is 1.44 bits per heavy atom. The van der Waals surface area contributed by atoms with Crippen LogP contribution in [0.25, 0.3) is 0 Å². The van der Waals surface area contributed by atoms with Crippen molar-refractivity contribution in [3.63, 3.8) is 0 Å². The molecule has 25 heavy (non-hydrogen) atoms. The van der Waals surface area contributed by atoms with Gasteiger partial charge in [0.2, 0.25) is 5.69 Å². The maximum Gasteiger partial charge on any atom is 0.416 e. The number of hydrogen-bond acceptors (Lipinski definition) is 5. The lowest BCUT2D eigenvalue weighted by Crippen LogP contribution is -2.33. The van der Waals surface area contributed by atoms with Crippen molar-refractivity contribution in [1.29, 1.82) is 0 Å². The first-order valence-electron chi connectivity index (χ1n) is 5.64. The normalized spacial score (nSPS) is 13.2. The molecule has 138 valence electrons. The van der Waals surface area contributed by atoms with Crippen molar-refractivity contribution in [2.24, 2.45) is 4.99 Å². The Bertz CT molecular complexity index is 716. The molecule has 0 aliphatic rings. The summed E-state index contributed by atoms with van der Waals surface area (Å²) in [5.74, 6) is -5.13. The molecule has 0 spiro atoms. The fourth-order valence-electron chi connectivity index (χ4n) is 1.42. The van der Waals surface area contributed by atoms with Crippen LogP contribution in [0.15, 0.2) is 17.1 Å². The zero-order chi connectivity index (χ0) is 19.7. The summed E-state index contributed by atoms with van der Waals surface area (Å²) in [6.07, 6.45) is -9.68. The van der Waals surface area contributed by atoms with Gasteiger partial charge < -0.3 is 0 Å². The largest absolute Gasteiger partial charge is 0.416 e. The minimum atomic E-state index is -5.26. The highest BCUT2D eigenvalue weighted by molar-refractivity contribution is 6.67. The van der Waals surface area contributed by atoms with Gasteiger partial charge in [0.15, 0.2) is 5.17 Å². The fourth-order valence-corrected chi connectivity index (χ4v) is 1.59. The van der Waals surface area contributed by atoms with Gasteiger partial charge in [0.1, 0.15) is 0 Å². The van der Waals surface area contributed by atoms with Crippen LogP contribution in [0.5, 0.6) is 0 Å². The van der Waals surface area contributed by atoms with Gasteiger partial charge >= 0.3 is 29.9 Å². The number of nitrogens with zero attached hydrogens (tertiary/aromatic N) is 3. The van der Waals surface area contributed by atoms with Crippen LogP contribution >= 0.6 is 11.6 Å². The Balaban J connectivity index is 3.80. The summed E-state index contributed by atoms with van der Waals surface area (Å²) in [5, 5.41) is 19.3. The van der Waals surface area contributed by atoms with Crippen LogP contribution in [0.1, 0.15) is 5.56 Å². The minimum absolute atomic E-state index is 0.226. The molecular weight excluding hydrogens is 395 g/mol. The van der Waals surface area contributed by atoms with Gasteiger partial charge in [-0.3, -0.25) is 20.2 Å². The van der Waals surface area contributed by atoms with Gasteiger partial charge in [-0.25, -0.2) is 13.8 Å². The molecule has 0 aliphatic carbocycles. The minimum Gasteiger partial charge on any atom is -0.258 e. The number of halogens is 8. The zero-order valence-electron chi connectivity index (χ0n) is 11.2. The van der Waals surface area contributed by atoms with E-state index in [1.807, 2.05) is 0 Å². The van der Waals surface area contributed by atoms with Gasteiger partial charge in [-0.2, -0.15) is 22.0 Å². The summed E-state index contributed by atoms with van der Waals surface area (Å²) in [5.41, 5.74) is -6.91. The first kappa shape index (κ1) is 20.5. The van der Waals surface area contributed by atoms with Crippen molar-refractivity contribution in [2.45, 2.75) is 18.5 Å². The van der Waals surface area contributed by atoms with Crippen molar-refractivity contribution < 1.29 is 40.6 Å². The molecule has 7 nitrogen and oxygen atoms in total. The van der Waals surface area contributed by atoms with Crippen LogP contribution in [-0.2, 0) is 6.18 Å². The number of nitro groups is 2. The van der Waals surface area contributed by atoms with Crippen molar-refractivity contribution in [3.8, 4) is 0 Å². The van der Waals surface area contributed by atoms with Crippen molar-refractivity contribution >= 4 is 33.8 Å². The molecule has 1 aromatic rings. The first-order chi connectivity index (χ1) is 11.2. The van der Waals surface area contributed by atoms with Gasteiger partial charge in [-0.15, -0.1) is 0 Å². The molecule has 0 atom stereocenters.